The molecule has 48 valence electrons. The number of hydrogen-bond acceptors (Lipinski definition) is 0. The summed E-state index contributed by atoms with van der Waals surface area (Å²) in [5.41, 5.74) is 0. The van der Waals surface area contributed by atoms with Crippen molar-refractivity contribution in [3.63, 3.8) is 0 Å². The average molecular weight is 145 g/mol. The lowest BCUT2D eigenvalue weighted by Gasteiger charge is -2.04. The zero-order valence-corrected chi connectivity index (χ0v) is 4.85. The van der Waals surface area contributed by atoms with E-state index < -0.39 is 17.3 Å². The van der Waals surface area contributed by atoms with Crippen LogP contribution in [0.3, 0.4) is 0 Å². The maximum atomic E-state index is 11.9. The zero-order valence-electron chi connectivity index (χ0n) is 4.09. The molecule has 0 rings (SSSR count). The Morgan fingerprint density at radius 2 is 2.12 bits per heavy atom. The van der Waals surface area contributed by atoms with Gasteiger partial charge in [0.05, 0.1) is 0 Å². The lowest BCUT2D eigenvalue weighted by Crippen LogP contribution is -2.07. The van der Waals surface area contributed by atoms with Crippen LogP contribution in [0.2, 0.25) is 0 Å². The summed E-state index contributed by atoms with van der Waals surface area (Å²) in [6, 6.07) is 0. The monoisotopic (exact) mass is 144 g/mol. The van der Waals surface area contributed by atoms with E-state index in [4.69, 9.17) is 0 Å². The van der Waals surface area contributed by atoms with Crippen molar-refractivity contribution < 1.29 is 13.2 Å². The van der Waals surface area contributed by atoms with Crippen LogP contribution in [-0.4, -0.2) is 5.13 Å². The van der Waals surface area contributed by atoms with Gasteiger partial charge >= 0.3 is 0 Å². The fraction of sp³-hybridized carbons (Fsp3) is 0.500. The number of hydrogen-bond donors (Lipinski definition) is 0. The highest BCUT2D eigenvalue weighted by molar-refractivity contribution is 6.24. The van der Waals surface area contributed by atoms with Crippen LogP contribution in [0, 0.1) is 0 Å². The molecular weight excluding hydrogens is 140 g/mol. The predicted octanol–water partition coefficient (Wildman–Crippen LogP) is 2.69. The quantitative estimate of drug-likeness (QED) is 0.497. The predicted molar refractivity (Wildman–Crippen MR) is 25.7 cm³/mol. The molecule has 1 atom stereocenters. The first-order valence-corrected chi connectivity index (χ1v) is 2.20. The van der Waals surface area contributed by atoms with E-state index in [1.54, 1.807) is 0 Å². The molecule has 0 aliphatic heterocycles. The first kappa shape index (κ1) is 7.82. The third kappa shape index (κ3) is 2.21. The molecule has 0 radical (unpaired) electrons. The molecular formula is C4H4ClF3. The van der Waals surface area contributed by atoms with E-state index in [1.165, 1.54) is 0 Å². The third-order valence-electron chi connectivity index (χ3n) is 0.515. The molecule has 0 nitrogen and oxygen atoms in total. The van der Waals surface area contributed by atoms with E-state index >= 15 is 0 Å². The van der Waals surface area contributed by atoms with Crippen LogP contribution in [0.4, 0.5) is 13.2 Å². The molecule has 0 aromatic heterocycles. The molecule has 0 aromatic rings. The van der Waals surface area contributed by atoms with Crippen molar-refractivity contribution in [3.8, 4) is 0 Å². The SMILES string of the molecule is CC(F)(Cl)/C(F)=C/F. The summed E-state index contributed by atoms with van der Waals surface area (Å²) in [5.74, 6) is -1.61. The minimum Gasteiger partial charge on any atom is -0.219 e. The maximum Gasteiger partial charge on any atom is 0.234 e. The highest BCUT2D eigenvalue weighted by atomic mass is 35.5. The summed E-state index contributed by atoms with van der Waals surface area (Å²) in [7, 11) is 0. The molecule has 0 amide bonds. The molecule has 0 saturated carbocycles. The first-order valence-electron chi connectivity index (χ1n) is 1.82. The second kappa shape index (κ2) is 2.40. The minimum absolute atomic E-state index is 0.507. The maximum absolute atomic E-state index is 11.9. The van der Waals surface area contributed by atoms with Gasteiger partial charge in [-0.05, 0) is 6.92 Å². The minimum atomic E-state index is -2.70. The van der Waals surface area contributed by atoms with E-state index in [-0.39, 0.29) is 0 Å². The molecule has 0 heterocycles. The van der Waals surface area contributed by atoms with Crippen LogP contribution in [0.5, 0.6) is 0 Å². The standard InChI is InChI=1S/C4H4ClF3/c1-4(5,8)3(7)2-6/h2H,1H3/b3-2-. The van der Waals surface area contributed by atoms with Gasteiger partial charge in [0.15, 0.2) is 5.83 Å². The molecule has 0 aliphatic rings. The summed E-state index contributed by atoms with van der Waals surface area (Å²) in [6.07, 6.45) is -0.507. The topological polar surface area (TPSA) is 0 Å². The Balaban J connectivity index is 4.03. The van der Waals surface area contributed by atoms with E-state index in [0.29, 0.717) is 6.92 Å². The molecule has 0 fully saturated rings. The fourth-order valence-corrected chi connectivity index (χ4v) is 0.137. The van der Waals surface area contributed by atoms with Gasteiger partial charge in [-0.2, -0.15) is 0 Å². The Kier molecular flexibility index (Phi) is 2.34. The molecule has 0 aromatic carbocycles. The van der Waals surface area contributed by atoms with Gasteiger partial charge in [-0.3, -0.25) is 0 Å². The number of allylic oxidation sites excluding steroid dienone is 1. The Bertz CT molecular complexity index is 102. The van der Waals surface area contributed by atoms with Crippen molar-refractivity contribution in [2.45, 2.75) is 12.1 Å². The van der Waals surface area contributed by atoms with Crippen molar-refractivity contribution in [1.82, 2.24) is 0 Å². The Labute approximate surface area is 49.9 Å². The van der Waals surface area contributed by atoms with Gasteiger partial charge in [0.1, 0.15) is 6.33 Å². The second-order valence-electron chi connectivity index (χ2n) is 1.35. The van der Waals surface area contributed by atoms with Gasteiger partial charge in [0.2, 0.25) is 5.13 Å². The van der Waals surface area contributed by atoms with Crippen molar-refractivity contribution in [2.24, 2.45) is 0 Å². The van der Waals surface area contributed by atoms with Gasteiger partial charge in [0.25, 0.3) is 0 Å². The summed E-state index contributed by atoms with van der Waals surface area (Å²) in [4.78, 5) is 0. The second-order valence-corrected chi connectivity index (χ2v) is 2.06. The molecule has 0 bridgehead atoms. The van der Waals surface area contributed by atoms with Crippen LogP contribution in [0.15, 0.2) is 12.2 Å². The van der Waals surface area contributed by atoms with Crippen molar-refractivity contribution >= 4 is 11.6 Å². The molecule has 4 heteroatoms. The van der Waals surface area contributed by atoms with Gasteiger partial charge < -0.3 is 0 Å². The molecule has 0 aliphatic carbocycles. The Morgan fingerprint density at radius 3 is 2.12 bits per heavy atom. The van der Waals surface area contributed by atoms with Gasteiger partial charge in [-0.25, -0.2) is 13.2 Å². The molecule has 0 saturated heterocycles. The highest BCUT2D eigenvalue weighted by Crippen LogP contribution is 2.26. The number of halogens is 4. The lowest BCUT2D eigenvalue weighted by atomic mass is 10.4. The van der Waals surface area contributed by atoms with Gasteiger partial charge in [0, 0.05) is 0 Å². The van der Waals surface area contributed by atoms with E-state index in [1.807, 2.05) is 0 Å². The van der Waals surface area contributed by atoms with Crippen molar-refractivity contribution in [3.05, 3.63) is 12.2 Å². The van der Waals surface area contributed by atoms with Crippen molar-refractivity contribution in [1.29, 1.82) is 0 Å². The third-order valence-corrected chi connectivity index (χ3v) is 0.696. The molecule has 8 heavy (non-hydrogen) atoms. The number of alkyl halides is 2. The van der Waals surface area contributed by atoms with Crippen LogP contribution in [-0.2, 0) is 0 Å². The average Bonchev–Trinajstić information content (AvgIpc) is 1.62. The fourth-order valence-electron chi connectivity index (χ4n) is 0.0958. The van der Waals surface area contributed by atoms with Gasteiger partial charge in [-0.1, -0.05) is 11.6 Å². The number of rotatable bonds is 1. The highest BCUT2D eigenvalue weighted by Gasteiger charge is 2.25. The van der Waals surface area contributed by atoms with E-state index in [0.717, 1.165) is 0 Å². The summed E-state index contributed by atoms with van der Waals surface area (Å²) < 4.78 is 34.5. The van der Waals surface area contributed by atoms with Crippen LogP contribution < -0.4 is 0 Å². The zero-order chi connectivity index (χ0) is 6.78. The first-order chi connectivity index (χ1) is 3.48. The van der Waals surface area contributed by atoms with Gasteiger partial charge in [-0.15, -0.1) is 0 Å². The summed E-state index contributed by atoms with van der Waals surface area (Å²) in [6.45, 7) is 0.708. The summed E-state index contributed by atoms with van der Waals surface area (Å²) >= 11 is 4.63. The Hall–Kier alpha value is -0.180. The van der Waals surface area contributed by atoms with Crippen LogP contribution in [0.1, 0.15) is 6.92 Å². The smallest absolute Gasteiger partial charge is 0.219 e. The Morgan fingerprint density at radius 1 is 1.75 bits per heavy atom. The molecule has 0 N–H and O–H groups in total. The van der Waals surface area contributed by atoms with E-state index in [2.05, 4.69) is 11.6 Å². The van der Waals surface area contributed by atoms with Crippen molar-refractivity contribution in [2.75, 3.05) is 0 Å². The molecule has 1 unspecified atom stereocenters. The van der Waals surface area contributed by atoms with Crippen LogP contribution >= 0.6 is 11.6 Å². The lowest BCUT2D eigenvalue weighted by molar-refractivity contribution is 0.295. The van der Waals surface area contributed by atoms with Crippen LogP contribution in [0.25, 0.3) is 0 Å². The molecule has 0 spiro atoms. The van der Waals surface area contributed by atoms with E-state index in [9.17, 15) is 13.2 Å². The largest absolute Gasteiger partial charge is 0.234 e. The normalized spacial score (nSPS) is 20.4. The summed E-state index contributed by atoms with van der Waals surface area (Å²) in [5, 5.41) is -2.70.